The lowest BCUT2D eigenvalue weighted by Gasteiger charge is -2.23. The molecule has 5 heteroatoms. The van der Waals surface area contributed by atoms with Gasteiger partial charge in [0.1, 0.15) is 5.69 Å². The number of benzene rings is 1. The zero-order valence-corrected chi connectivity index (χ0v) is 17.2. The summed E-state index contributed by atoms with van der Waals surface area (Å²) in [5.41, 5.74) is 2.74. The van der Waals surface area contributed by atoms with Crippen molar-refractivity contribution in [2.75, 3.05) is 24.5 Å². The minimum Gasteiger partial charge on any atom is -0.371 e. The number of para-hydroxylation sites is 1. The molecule has 1 aliphatic heterocycles. The Balaban J connectivity index is 1.60. The number of hydrogen-bond acceptors (Lipinski definition) is 3. The molecule has 1 amide bonds. The SMILES string of the molecule is CC(C)c1cc(C(=O)NCC2CCN(c3ccccc3)C2)nn1C(C)(C)C. The van der Waals surface area contributed by atoms with Gasteiger partial charge in [0.2, 0.25) is 0 Å². The fourth-order valence-corrected chi connectivity index (χ4v) is 3.66. The van der Waals surface area contributed by atoms with Gasteiger partial charge < -0.3 is 10.2 Å². The normalized spacial score (nSPS) is 17.6. The Kier molecular flexibility index (Phi) is 5.59. The molecule has 0 radical (unpaired) electrons. The maximum absolute atomic E-state index is 12.7. The van der Waals surface area contributed by atoms with Gasteiger partial charge in [-0.15, -0.1) is 0 Å². The van der Waals surface area contributed by atoms with E-state index in [1.807, 2.05) is 16.8 Å². The Bertz CT molecular complexity index is 773. The molecular weight excluding hydrogens is 336 g/mol. The summed E-state index contributed by atoms with van der Waals surface area (Å²) in [5.74, 6) is 0.731. The number of nitrogens with one attached hydrogen (secondary N) is 1. The lowest BCUT2D eigenvalue weighted by Crippen LogP contribution is -2.32. The minimum atomic E-state index is -0.139. The highest BCUT2D eigenvalue weighted by Gasteiger charge is 2.26. The minimum absolute atomic E-state index is 0.0712. The van der Waals surface area contributed by atoms with E-state index in [0.29, 0.717) is 24.1 Å². The zero-order chi connectivity index (χ0) is 19.6. The fraction of sp³-hybridized carbons (Fsp3) is 0.545. The number of anilines is 1. The van der Waals surface area contributed by atoms with E-state index in [9.17, 15) is 4.79 Å². The predicted octanol–water partition coefficient (Wildman–Crippen LogP) is 4.02. The third-order valence-corrected chi connectivity index (χ3v) is 5.15. The number of nitrogens with zero attached hydrogens (tertiary/aromatic N) is 3. The van der Waals surface area contributed by atoms with Gasteiger partial charge in [0.25, 0.3) is 5.91 Å². The van der Waals surface area contributed by atoms with E-state index >= 15 is 0 Å². The molecule has 0 bridgehead atoms. The number of aromatic nitrogens is 2. The molecule has 27 heavy (non-hydrogen) atoms. The Morgan fingerprint density at radius 2 is 1.96 bits per heavy atom. The smallest absolute Gasteiger partial charge is 0.271 e. The number of hydrogen-bond donors (Lipinski definition) is 1. The van der Waals surface area contributed by atoms with Crippen molar-refractivity contribution in [2.45, 2.75) is 52.5 Å². The van der Waals surface area contributed by atoms with Crippen LogP contribution in [0.15, 0.2) is 36.4 Å². The van der Waals surface area contributed by atoms with Gasteiger partial charge in [-0.25, -0.2) is 0 Å². The predicted molar refractivity (Wildman–Crippen MR) is 110 cm³/mol. The van der Waals surface area contributed by atoms with E-state index in [1.165, 1.54) is 5.69 Å². The first-order chi connectivity index (χ1) is 12.8. The van der Waals surface area contributed by atoms with Gasteiger partial charge in [-0.05, 0) is 57.2 Å². The molecule has 1 aliphatic rings. The summed E-state index contributed by atoms with van der Waals surface area (Å²) >= 11 is 0. The van der Waals surface area contributed by atoms with Crippen LogP contribution in [0.2, 0.25) is 0 Å². The molecule has 3 rings (SSSR count). The van der Waals surface area contributed by atoms with E-state index in [1.54, 1.807) is 0 Å². The largest absolute Gasteiger partial charge is 0.371 e. The number of rotatable bonds is 5. The highest BCUT2D eigenvalue weighted by Crippen LogP contribution is 2.25. The van der Waals surface area contributed by atoms with Gasteiger partial charge >= 0.3 is 0 Å². The molecule has 5 nitrogen and oxygen atoms in total. The first-order valence-corrected chi connectivity index (χ1v) is 9.94. The second-order valence-electron chi connectivity index (χ2n) is 8.84. The molecule has 0 aliphatic carbocycles. The first-order valence-electron chi connectivity index (χ1n) is 9.94. The molecule has 0 spiro atoms. The molecule has 1 atom stereocenters. The van der Waals surface area contributed by atoms with Crippen molar-refractivity contribution in [3.05, 3.63) is 47.8 Å². The van der Waals surface area contributed by atoms with Crippen LogP contribution in [-0.4, -0.2) is 35.3 Å². The van der Waals surface area contributed by atoms with Crippen molar-refractivity contribution in [2.24, 2.45) is 5.92 Å². The quantitative estimate of drug-likeness (QED) is 0.867. The second-order valence-corrected chi connectivity index (χ2v) is 8.84. The van der Waals surface area contributed by atoms with E-state index in [0.717, 1.165) is 25.2 Å². The summed E-state index contributed by atoms with van der Waals surface area (Å²) in [5, 5.41) is 7.71. The van der Waals surface area contributed by atoms with Crippen LogP contribution >= 0.6 is 0 Å². The Morgan fingerprint density at radius 3 is 2.56 bits per heavy atom. The van der Waals surface area contributed by atoms with E-state index in [-0.39, 0.29) is 11.4 Å². The summed E-state index contributed by atoms with van der Waals surface area (Å²) in [6.07, 6.45) is 1.10. The molecule has 1 saturated heterocycles. The maximum Gasteiger partial charge on any atom is 0.271 e. The average Bonchev–Trinajstić information content (AvgIpc) is 3.27. The van der Waals surface area contributed by atoms with Gasteiger partial charge in [0, 0.05) is 31.0 Å². The van der Waals surface area contributed by atoms with E-state index in [4.69, 9.17) is 0 Å². The third-order valence-electron chi connectivity index (χ3n) is 5.15. The van der Waals surface area contributed by atoms with Gasteiger partial charge in [-0.1, -0.05) is 32.0 Å². The molecule has 1 fully saturated rings. The van der Waals surface area contributed by atoms with Crippen LogP contribution < -0.4 is 10.2 Å². The first kappa shape index (κ1) is 19.5. The second kappa shape index (κ2) is 7.75. The van der Waals surface area contributed by atoms with Crippen LogP contribution in [0.5, 0.6) is 0 Å². The maximum atomic E-state index is 12.7. The number of carbonyl (C=O) groups is 1. The highest BCUT2D eigenvalue weighted by atomic mass is 16.1. The fourth-order valence-electron chi connectivity index (χ4n) is 3.66. The Hall–Kier alpha value is -2.30. The zero-order valence-electron chi connectivity index (χ0n) is 17.2. The Morgan fingerprint density at radius 1 is 1.26 bits per heavy atom. The molecule has 1 aromatic carbocycles. The standard InChI is InChI=1S/C22H32N4O/c1-16(2)20-13-19(24-26(20)22(3,4)5)21(27)23-14-17-11-12-25(15-17)18-9-7-6-8-10-18/h6-10,13,16-17H,11-12,14-15H2,1-5H3,(H,23,27). The van der Waals surface area contributed by atoms with Gasteiger partial charge in [-0.3, -0.25) is 9.48 Å². The molecule has 1 N–H and O–H groups in total. The van der Waals surface area contributed by atoms with Gasteiger partial charge in [-0.2, -0.15) is 5.10 Å². The third kappa shape index (κ3) is 4.52. The van der Waals surface area contributed by atoms with Crippen molar-refractivity contribution in [3.8, 4) is 0 Å². The summed E-state index contributed by atoms with van der Waals surface area (Å²) in [6.45, 7) is 13.3. The van der Waals surface area contributed by atoms with Gasteiger partial charge in [0.15, 0.2) is 0 Å². The molecule has 0 saturated carbocycles. The lowest BCUT2D eigenvalue weighted by molar-refractivity contribution is 0.0941. The monoisotopic (exact) mass is 368 g/mol. The van der Waals surface area contributed by atoms with Crippen LogP contribution in [0.25, 0.3) is 0 Å². The van der Waals surface area contributed by atoms with E-state index in [2.05, 4.69) is 74.2 Å². The number of amides is 1. The van der Waals surface area contributed by atoms with Crippen LogP contribution in [0.3, 0.4) is 0 Å². The van der Waals surface area contributed by atoms with Crippen molar-refractivity contribution in [1.29, 1.82) is 0 Å². The average molecular weight is 369 g/mol. The van der Waals surface area contributed by atoms with Crippen molar-refractivity contribution in [1.82, 2.24) is 15.1 Å². The van der Waals surface area contributed by atoms with Crippen LogP contribution in [0, 0.1) is 5.92 Å². The van der Waals surface area contributed by atoms with Crippen LogP contribution in [0.4, 0.5) is 5.69 Å². The van der Waals surface area contributed by atoms with Crippen molar-refractivity contribution in [3.63, 3.8) is 0 Å². The van der Waals surface area contributed by atoms with Crippen molar-refractivity contribution < 1.29 is 4.79 Å². The van der Waals surface area contributed by atoms with Crippen LogP contribution in [-0.2, 0) is 5.54 Å². The Labute approximate surface area is 162 Å². The molecule has 146 valence electrons. The van der Waals surface area contributed by atoms with Crippen LogP contribution in [0.1, 0.15) is 63.1 Å². The van der Waals surface area contributed by atoms with E-state index < -0.39 is 0 Å². The molecular formula is C22H32N4O. The molecule has 2 heterocycles. The molecule has 1 aromatic heterocycles. The highest BCUT2D eigenvalue weighted by molar-refractivity contribution is 5.92. The molecule has 1 unspecified atom stereocenters. The summed E-state index contributed by atoms with van der Waals surface area (Å²) in [6, 6.07) is 12.4. The van der Waals surface area contributed by atoms with Gasteiger partial charge in [0.05, 0.1) is 5.54 Å². The molecule has 2 aromatic rings. The number of carbonyl (C=O) groups excluding carboxylic acids is 1. The topological polar surface area (TPSA) is 50.2 Å². The lowest BCUT2D eigenvalue weighted by atomic mass is 10.1. The summed E-state index contributed by atoms with van der Waals surface area (Å²) < 4.78 is 1.99. The summed E-state index contributed by atoms with van der Waals surface area (Å²) in [7, 11) is 0. The van der Waals surface area contributed by atoms with Crippen molar-refractivity contribution >= 4 is 11.6 Å². The summed E-state index contributed by atoms with van der Waals surface area (Å²) in [4.78, 5) is 15.1.